The summed E-state index contributed by atoms with van der Waals surface area (Å²) in [5, 5.41) is 8.84. The highest BCUT2D eigenvalue weighted by Crippen LogP contribution is 2.28. The first-order chi connectivity index (χ1) is 9.13. The molecule has 1 aromatic carbocycles. The van der Waals surface area contributed by atoms with Gasteiger partial charge in [0, 0.05) is 18.2 Å². The lowest BCUT2D eigenvalue weighted by Crippen LogP contribution is -2.34. The Morgan fingerprint density at radius 1 is 1.21 bits per heavy atom. The van der Waals surface area contributed by atoms with Crippen LogP contribution in [-0.4, -0.2) is 34.5 Å². The molecule has 1 aliphatic carbocycles. The Kier molecular flexibility index (Phi) is 4.20. The van der Waals surface area contributed by atoms with E-state index in [0.29, 0.717) is 11.6 Å². The number of carbonyl (C=O) groups is 2. The zero-order valence-corrected chi connectivity index (χ0v) is 11.1. The highest BCUT2D eigenvalue weighted by atomic mass is 16.4. The van der Waals surface area contributed by atoms with Crippen molar-refractivity contribution in [3.63, 3.8) is 0 Å². The number of unbranched alkanes of at least 4 members (excludes halogenated alkanes) is 1. The Hall–Kier alpha value is -1.84. The molecule has 0 atom stereocenters. The second kappa shape index (κ2) is 5.87. The van der Waals surface area contributed by atoms with E-state index in [4.69, 9.17) is 5.11 Å². The maximum absolute atomic E-state index is 12.4. The van der Waals surface area contributed by atoms with Crippen LogP contribution in [0.3, 0.4) is 0 Å². The monoisotopic (exact) mass is 261 g/mol. The molecule has 0 unspecified atom stereocenters. The fraction of sp³-hybridized carbons (Fsp3) is 0.467. The molecule has 1 aromatic rings. The fourth-order valence-electron chi connectivity index (χ4n) is 2.09. The first kappa shape index (κ1) is 13.6. The van der Waals surface area contributed by atoms with Gasteiger partial charge in [-0.05, 0) is 43.5 Å². The normalized spacial score (nSPS) is 14.2. The van der Waals surface area contributed by atoms with E-state index >= 15 is 0 Å². The number of carbonyl (C=O) groups excluding carboxylic acids is 1. The number of benzene rings is 1. The van der Waals surface area contributed by atoms with Gasteiger partial charge in [-0.25, -0.2) is 4.79 Å². The largest absolute Gasteiger partial charge is 0.478 e. The molecule has 0 aliphatic heterocycles. The molecule has 0 bridgehead atoms. The van der Waals surface area contributed by atoms with Crippen LogP contribution < -0.4 is 0 Å². The lowest BCUT2D eigenvalue weighted by molar-refractivity contribution is 0.0693. The molecule has 19 heavy (non-hydrogen) atoms. The van der Waals surface area contributed by atoms with Crippen molar-refractivity contribution in [1.82, 2.24) is 4.90 Å². The van der Waals surface area contributed by atoms with Gasteiger partial charge in [0.05, 0.1) is 5.56 Å². The Labute approximate surface area is 113 Å². The zero-order chi connectivity index (χ0) is 13.8. The minimum absolute atomic E-state index is 0.0212. The molecular weight excluding hydrogens is 242 g/mol. The first-order valence-electron chi connectivity index (χ1n) is 6.77. The number of amides is 1. The zero-order valence-electron chi connectivity index (χ0n) is 11.1. The van der Waals surface area contributed by atoms with Crippen LogP contribution in [0.4, 0.5) is 0 Å². The molecule has 1 amide bonds. The highest BCUT2D eigenvalue weighted by Gasteiger charge is 2.32. The molecule has 102 valence electrons. The van der Waals surface area contributed by atoms with Crippen LogP contribution in [0.25, 0.3) is 0 Å². The van der Waals surface area contributed by atoms with Gasteiger partial charge in [-0.1, -0.05) is 13.3 Å². The van der Waals surface area contributed by atoms with E-state index in [1.807, 2.05) is 4.90 Å². The van der Waals surface area contributed by atoms with Crippen LogP contribution >= 0.6 is 0 Å². The van der Waals surface area contributed by atoms with Gasteiger partial charge in [-0.3, -0.25) is 4.79 Å². The Bertz CT molecular complexity index is 463. The maximum atomic E-state index is 12.4. The number of nitrogens with zero attached hydrogens (tertiary/aromatic N) is 1. The van der Waals surface area contributed by atoms with Gasteiger partial charge in [0.15, 0.2) is 0 Å². The van der Waals surface area contributed by atoms with Crippen molar-refractivity contribution in [2.75, 3.05) is 6.54 Å². The standard InChI is InChI=1S/C15H19NO3/c1-2-3-10-16(13-8-9-13)14(17)11-4-6-12(7-5-11)15(18)19/h4-7,13H,2-3,8-10H2,1H3,(H,18,19). The van der Waals surface area contributed by atoms with Gasteiger partial charge < -0.3 is 10.0 Å². The van der Waals surface area contributed by atoms with Crippen molar-refractivity contribution >= 4 is 11.9 Å². The molecule has 4 heteroatoms. The van der Waals surface area contributed by atoms with Gasteiger partial charge in [0.2, 0.25) is 0 Å². The van der Waals surface area contributed by atoms with Crippen LogP contribution in [0.5, 0.6) is 0 Å². The van der Waals surface area contributed by atoms with Crippen molar-refractivity contribution < 1.29 is 14.7 Å². The smallest absolute Gasteiger partial charge is 0.335 e. The summed E-state index contributed by atoms with van der Waals surface area (Å²) in [4.78, 5) is 25.1. The summed E-state index contributed by atoms with van der Waals surface area (Å²) in [5.41, 5.74) is 0.788. The van der Waals surface area contributed by atoms with Crippen molar-refractivity contribution in [3.05, 3.63) is 35.4 Å². The number of hydrogen-bond acceptors (Lipinski definition) is 2. The number of carboxylic acid groups (broad SMARTS) is 1. The third kappa shape index (κ3) is 3.34. The van der Waals surface area contributed by atoms with Gasteiger partial charge in [-0.2, -0.15) is 0 Å². The minimum Gasteiger partial charge on any atom is -0.478 e. The van der Waals surface area contributed by atoms with Crippen LogP contribution in [0, 0.1) is 0 Å². The average Bonchev–Trinajstić information content (AvgIpc) is 3.23. The predicted octanol–water partition coefficient (Wildman–Crippen LogP) is 2.79. The topological polar surface area (TPSA) is 57.6 Å². The van der Waals surface area contributed by atoms with Crippen molar-refractivity contribution in [2.45, 2.75) is 38.6 Å². The van der Waals surface area contributed by atoms with Gasteiger partial charge in [0.1, 0.15) is 0 Å². The molecular formula is C15H19NO3. The molecule has 1 saturated carbocycles. The fourth-order valence-corrected chi connectivity index (χ4v) is 2.09. The van der Waals surface area contributed by atoms with Gasteiger partial charge in [0.25, 0.3) is 5.91 Å². The van der Waals surface area contributed by atoms with E-state index < -0.39 is 5.97 Å². The molecule has 0 spiro atoms. The summed E-state index contributed by atoms with van der Waals surface area (Å²) < 4.78 is 0. The number of rotatable bonds is 6. The molecule has 0 radical (unpaired) electrons. The predicted molar refractivity (Wildman–Crippen MR) is 72.4 cm³/mol. The molecule has 0 saturated heterocycles. The summed E-state index contributed by atoms with van der Waals surface area (Å²) in [6.07, 6.45) is 4.25. The van der Waals surface area contributed by atoms with E-state index in [9.17, 15) is 9.59 Å². The van der Waals surface area contributed by atoms with Crippen molar-refractivity contribution in [1.29, 1.82) is 0 Å². The Morgan fingerprint density at radius 2 is 1.79 bits per heavy atom. The third-order valence-corrected chi connectivity index (χ3v) is 3.38. The lowest BCUT2D eigenvalue weighted by atomic mass is 10.1. The van der Waals surface area contributed by atoms with Crippen LogP contribution in [0.1, 0.15) is 53.3 Å². The molecule has 1 fully saturated rings. The first-order valence-corrected chi connectivity index (χ1v) is 6.77. The van der Waals surface area contributed by atoms with Gasteiger partial charge >= 0.3 is 5.97 Å². The van der Waals surface area contributed by atoms with E-state index in [2.05, 4.69) is 6.92 Å². The second-order valence-electron chi connectivity index (χ2n) is 4.97. The summed E-state index contributed by atoms with van der Waals surface area (Å²) in [6, 6.07) is 6.57. The number of carboxylic acids is 1. The van der Waals surface area contributed by atoms with Crippen molar-refractivity contribution in [2.24, 2.45) is 0 Å². The number of aromatic carboxylic acids is 1. The molecule has 4 nitrogen and oxygen atoms in total. The van der Waals surface area contributed by atoms with Gasteiger partial charge in [-0.15, -0.1) is 0 Å². The molecule has 2 rings (SSSR count). The summed E-state index contributed by atoms with van der Waals surface area (Å²) in [5.74, 6) is -0.947. The van der Waals surface area contributed by atoms with E-state index in [-0.39, 0.29) is 11.5 Å². The van der Waals surface area contributed by atoms with E-state index in [1.54, 1.807) is 12.1 Å². The van der Waals surface area contributed by atoms with E-state index in [0.717, 1.165) is 32.2 Å². The van der Waals surface area contributed by atoms with E-state index in [1.165, 1.54) is 12.1 Å². The van der Waals surface area contributed by atoms with Crippen LogP contribution in [0.15, 0.2) is 24.3 Å². The van der Waals surface area contributed by atoms with Crippen LogP contribution in [-0.2, 0) is 0 Å². The molecule has 1 N–H and O–H groups in total. The molecule has 0 heterocycles. The maximum Gasteiger partial charge on any atom is 0.335 e. The van der Waals surface area contributed by atoms with Crippen molar-refractivity contribution in [3.8, 4) is 0 Å². The minimum atomic E-state index is -0.968. The summed E-state index contributed by atoms with van der Waals surface area (Å²) in [6.45, 7) is 2.90. The Balaban J connectivity index is 2.09. The summed E-state index contributed by atoms with van der Waals surface area (Å²) >= 11 is 0. The molecule has 0 aromatic heterocycles. The van der Waals surface area contributed by atoms with Crippen LogP contribution in [0.2, 0.25) is 0 Å². The average molecular weight is 261 g/mol. The lowest BCUT2D eigenvalue weighted by Gasteiger charge is -2.22. The SMILES string of the molecule is CCCCN(C(=O)c1ccc(C(=O)O)cc1)C1CC1. The number of hydrogen-bond donors (Lipinski definition) is 1. The second-order valence-corrected chi connectivity index (χ2v) is 4.97. The third-order valence-electron chi connectivity index (χ3n) is 3.38. The molecule has 1 aliphatic rings. The highest BCUT2D eigenvalue weighted by molar-refractivity contribution is 5.96. The Morgan fingerprint density at radius 3 is 2.26 bits per heavy atom. The quantitative estimate of drug-likeness (QED) is 0.856. The summed E-state index contributed by atoms with van der Waals surface area (Å²) in [7, 11) is 0.